The molecule has 0 aliphatic carbocycles. The SMILES string of the molecule is Cc1cc(C)cc(S(=O)(=O)c2c(C(=O)NCCCNS(=O)(=O)c3ccc([N+](=O)[O-])cc3)[nH]c3ccc(Cl)cc23)c1. The number of carbonyl (C=O) groups excluding carboxylic acids is 1. The van der Waals surface area contributed by atoms with Gasteiger partial charge in [0.25, 0.3) is 11.6 Å². The number of aryl methyl sites for hydroxylation is 2. The highest BCUT2D eigenvalue weighted by molar-refractivity contribution is 7.91. The molecule has 1 amide bonds. The fourth-order valence-electron chi connectivity index (χ4n) is 4.20. The second kappa shape index (κ2) is 11.4. The number of fused-ring (bicyclic) bond motifs is 1. The average Bonchev–Trinajstić information content (AvgIpc) is 3.27. The summed E-state index contributed by atoms with van der Waals surface area (Å²) < 4.78 is 54.8. The summed E-state index contributed by atoms with van der Waals surface area (Å²) in [7, 11) is -8.06. The van der Waals surface area contributed by atoms with Crippen molar-refractivity contribution in [3.05, 3.63) is 92.6 Å². The Bertz CT molecular complexity index is 1810. The number of sulfonamides is 1. The smallest absolute Gasteiger partial charge is 0.269 e. The summed E-state index contributed by atoms with van der Waals surface area (Å²) in [5, 5.41) is 14.0. The van der Waals surface area contributed by atoms with Crippen LogP contribution in [0.1, 0.15) is 28.0 Å². The van der Waals surface area contributed by atoms with Gasteiger partial charge in [-0.15, -0.1) is 0 Å². The zero-order valence-corrected chi connectivity index (χ0v) is 23.8. The number of nitrogens with one attached hydrogen (secondary N) is 3. The molecule has 0 spiro atoms. The van der Waals surface area contributed by atoms with Crippen LogP contribution in [-0.2, 0) is 19.9 Å². The van der Waals surface area contributed by atoms with Crippen LogP contribution in [0.5, 0.6) is 0 Å². The first-order valence-electron chi connectivity index (χ1n) is 12.0. The van der Waals surface area contributed by atoms with E-state index in [1.54, 1.807) is 26.0 Å². The third kappa shape index (κ3) is 6.17. The van der Waals surface area contributed by atoms with Crippen molar-refractivity contribution in [2.75, 3.05) is 13.1 Å². The number of carbonyl (C=O) groups is 1. The first-order valence-corrected chi connectivity index (χ1v) is 15.3. The zero-order valence-electron chi connectivity index (χ0n) is 21.4. The van der Waals surface area contributed by atoms with Crippen molar-refractivity contribution in [3.8, 4) is 0 Å². The molecule has 11 nitrogen and oxygen atoms in total. The number of aromatic amines is 1. The predicted octanol–water partition coefficient (Wildman–Crippen LogP) is 4.28. The molecule has 40 heavy (non-hydrogen) atoms. The van der Waals surface area contributed by atoms with E-state index >= 15 is 0 Å². The highest BCUT2D eigenvalue weighted by Gasteiger charge is 2.30. The molecule has 0 saturated heterocycles. The van der Waals surface area contributed by atoms with Gasteiger partial charge in [0.05, 0.1) is 14.7 Å². The standard InChI is InChI=1S/C26H25ClN4O7S2/c1-16-12-17(2)14-21(13-16)39(35,36)25-22-15-18(27)4-9-23(22)30-24(25)26(32)28-10-3-11-29-40(37,38)20-7-5-19(6-8-20)31(33)34/h4-9,12-15,29-30H,3,10-11H2,1-2H3,(H,28,32). The maximum atomic E-state index is 13.8. The molecule has 0 fully saturated rings. The van der Waals surface area contributed by atoms with Crippen molar-refractivity contribution in [2.24, 2.45) is 0 Å². The summed E-state index contributed by atoms with van der Waals surface area (Å²) in [5.41, 5.74) is 1.51. The van der Waals surface area contributed by atoms with Crippen molar-refractivity contribution in [3.63, 3.8) is 0 Å². The number of halogens is 1. The van der Waals surface area contributed by atoms with Crippen molar-refractivity contribution in [1.29, 1.82) is 0 Å². The van der Waals surface area contributed by atoms with Crippen molar-refractivity contribution < 1.29 is 26.6 Å². The van der Waals surface area contributed by atoms with Gasteiger partial charge in [-0.2, -0.15) is 0 Å². The maximum Gasteiger partial charge on any atom is 0.269 e. The van der Waals surface area contributed by atoms with Crippen molar-refractivity contribution in [1.82, 2.24) is 15.0 Å². The Morgan fingerprint density at radius 1 is 0.925 bits per heavy atom. The molecule has 0 radical (unpaired) electrons. The lowest BCUT2D eigenvalue weighted by Gasteiger charge is -2.10. The van der Waals surface area contributed by atoms with Crippen LogP contribution in [0.15, 0.2) is 75.4 Å². The molecule has 4 rings (SSSR count). The molecule has 0 atom stereocenters. The Hall–Kier alpha value is -3.78. The zero-order chi connectivity index (χ0) is 29.2. The molecule has 210 valence electrons. The van der Waals surface area contributed by atoms with Crippen LogP contribution in [-0.4, -0.2) is 45.7 Å². The van der Waals surface area contributed by atoms with E-state index in [1.807, 2.05) is 6.07 Å². The van der Waals surface area contributed by atoms with Gasteiger partial charge in [0.1, 0.15) is 10.6 Å². The van der Waals surface area contributed by atoms with Gasteiger partial charge in [-0.3, -0.25) is 14.9 Å². The summed E-state index contributed by atoms with van der Waals surface area (Å²) in [6.07, 6.45) is 0.184. The fraction of sp³-hybridized carbons (Fsp3) is 0.192. The van der Waals surface area contributed by atoms with E-state index < -0.39 is 30.7 Å². The van der Waals surface area contributed by atoms with Crippen LogP contribution in [0.2, 0.25) is 5.02 Å². The number of nitrogens with zero attached hydrogens (tertiary/aromatic N) is 1. The number of nitro benzene ring substituents is 1. The Morgan fingerprint density at radius 2 is 1.57 bits per heavy atom. The van der Waals surface area contributed by atoms with Gasteiger partial charge in [-0.25, -0.2) is 21.6 Å². The molecule has 1 aromatic heterocycles. The summed E-state index contributed by atoms with van der Waals surface area (Å²) in [4.78, 5) is 25.9. The molecule has 0 unspecified atom stereocenters. The molecule has 0 aliphatic rings. The topological polar surface area (TPSA) is 168 Å². The molecular formula is C26H25ClN4O7S2. The quantitative estimate of drug-likeness (QED) is 0.138. The van der Waals surface area contributed by atoms with Gasteiger partial charge in [-0.1, -0.05) is 17.7 Å². The number of amides is 1. The van der Waals surface area contributed by atoms with E-state index in [9.17, 15) is 31.7 Å². The summed E-state index contributed by atoms with van der Waals surface area (Å²) in [5.74, 6) is -0.687. The van der Waals surface area contributed by atoms with E-state index in [4.69, 9.17) is 11.6 Å². The number of benzene rings is 3. The van der Waals surface area contributed by atoms with Gasteiger partial charge in [-0.05, 0) is 73.9 Å². The van der Waals surface area contributed by atoms with E-state index in [-0.39, 0.29) is 51.0 Å². The maximum absolute atomic E-state index is 13.8. The second-order valence-corrected chi connectivity index (χ2v) is 13.2. The minimum atomic E-state index is -4.14. The molecular weight excluding hydrogens is 580 g/mol. The van der Waals surface area contributed by atoms with Gasteiger partial charge in [0.15, 0.2) is 0 Å². The van der Waals surface area contributed by atoms with E-state index in [2.05, 4.69) is 15.0 Å². The van der Waals surface area contributed by atoms with E-state index in [0.717, 1.165) is 35.4 Å². The molecule has 3 aromatic carbocycles. The van der Waals surface area contributed by atoms with Crippen LogP contribution in [0.4, 0.5) is 5.69 Å². The minimum Gasteiger partial charge on any atom is -0.351 e. The third-order valence-corrected chi connectivity index (χ3v) is 9.53. The fourth-order valence-corrected chi connectivity index (χ4v) is 7.23. The lowest BCUT2D eigenvalue weighted by Crippen LogP contribution is -2.30. The minimum absolute atomic E-state index is 0.0285. The van der Waals surface area contributed by atoms with E-state index in [1.165, 1.54) is 18.2 Å². The molecule has 1 heterocycles. The molecule has 4 aromatic rings. The molecule has 0 bridgehead atoms. The lowest BCUT2D eigenvalue weighted by atomic mass is 10.2. The number of nitro groups is 1. The number of non-ortho nitro benzene ring substituents is 1. The number of hydrogen-bond donors (Lipinski definition) is 3. The second-order valence-electron chi connectivity index (χ2n) is 9.10. The number of rotatable bonds is 10. The van der Waals surface area contributed by atoms with Crippen LogP contribution >= 0.6 is 11.6 Å². The van der Waals surface area contributed by atoms with Crippen LogP contribution in [0, 0.1) is 24.0 Å². The number of H-pyrrole nitrogens is 1. The average molecular weight is 605 g/mol. The van der Waals surface area contributed by atoms with Gasteiger partial charge in [0, 0.05) is 41.1 Å². The van der Waals surface area contributed by atoms with Crippen LogP contribution in [0.3, 0.4) is 0 Å². The van der Waals surface area contributed by atoms with E-state index in [0.29, 0.717) is 10.5 Å². The van der Waals surface area contributed by atoms with Crippen molar-refractivity contribution in [2.45, 2.75) is 35.0 Å². The molecule has 14 heteroatoms. The largest absolute Gasteiger partial charge is 0.351 e. The molecule has 3 N–H and O–H groups in total. The van der Waals surface area contributed by atoms with Gasteiger partial charge in [0.2, 0.25) is 19.9 Å². The summed E-state index contributed by atoms with van der Waals surface area (Å²) >= 11 is 6.15. The number of aromatic nitrogens is 1. The highest BCUT2D eigenvalue weighted by atomic mass is 35.5. The highest BCUT2D eigenvalue weighted by Crippen LogP contribution is 2.34. The van der Waals surface area contributed by atoms with Gasteiger partial charge < -0.3 is 10.3 Å². The molecule has 0 aliphatic heterocycles. The third-order valence-electron chi connectivity index (χ3n) is 6.00. The predicted molar refractivity (Wildman–Crippen MR) is 150 cm³/mol. The lowest BCUT2D eigenvalue weighted by molar-refractivity contribution is -0.384. The first-order chi connectivity index (χ1) is 18.8. The summed E-state index contributed by atoms with van der Waals surface area (Å²) in [6.45, 7) is 3.54. The Morgan fingerprint density at radius 3 is 2.20 bits per heavy atom. The van der Waals surface area contributed by atoms with Crippen molar-refractivity contribution >= 4 is 54.0 Å². The Balaban J connectivity index is 1.51. The Kier molecular flexibility index (Phi) is 8.30. The first kappa shape index (κ1) is 29.2. The van der Waals surface area contributed by atoms with Gasteiger partial charge >= 0.3 is 0 Å². The van der Waals surface area contributed by atoms with Crippen LogP contribution in [0.25, 0.3) is 10.9 Å². The summed E-state index contributed by atoms with van der Waals surface area (Å²) in [6, 6.07) is 14.0. The normalized spacial score (nSPS) is 12.0. The Labute approximate surface area is 235 Å². The monoisotopic (exact) mass is 604 g/mol. The number of hydrogen-bond acceptors (Lipinski definition) is 7. The molecule has 0 saturated carbocycles. The van der Waals surface area contributed by atoms with Crippen LogP contribution < -0.4 is 10.0 Å². The number of sulfone groups is 1.